The summed E-state index contributed by atoms with van der Waals surface area (Å²) in [6.45, 7) is 0. The highest BCUT2D eigenvalue weighted by atomic mass is 16.5. The molecule has 0 aliphatic rings. The number of aromatic amines is 1. The molecule has 0 radical (unpaired) electrons. The van der Waals surface area contributed by atoms with Crippen LogP contribution in [0.5, 0.6) is 5.75 Å². The van der Waals surface area contributed by atoms with Gasteiger partial charge in [-0.25, -0.2) is 9.97 Å². The monoisotopic (exact) mass is 268 g/mol. The molecule has 3 N–H and O–H groups in total. The van der Waals surface area contributed by atoms with Crippen molar-refractivity contribution >= 4 is 16.9 Å². The molecule has 2 heterocycles. The normalized spacial score (nSPS) is 10.8. The van der Waals surface area contributed by atoms with Crippen LogP contribution in [0.4, 0.5) is 5.69 Å². The maximum Gasteiger partial charge on any atom is 0.177 e. The largest absolute Gasteiger partial charge is 0.495 e. The van der Waals surface area contributed by atoms with Crippen molar-refractivity contribution in [3.63, 3.8) is 0 Å². The SMILES string of the molecule is COc1ccc(CCc2nc3ncccc3[nH]2)cc1N. The first-order chi connectivity index (χ1) is 9.76. The minimum atomic E-state index is 0.663. The molecular formula is C15H16N4O. The molecule has 2 aromatic heterocycles. The molecule has 0 amide bonds. The van der Waals surface area contributed by atoms with Crippen LogP contribution in [-0.2, 0) is 12.8 Å². The van der Waals surface area contributed by atoms with Gasteiger partial charge in [-0.15, -0.1) is 0 Å². The number of nitrogen functional groups attached to an aromatic ring is 1. The van der Waals surface area contributed by atoms with Crippen LogP contribution >= 0.6 is 0 Å². The lowest BCUT2D eigenvalue weighted by molar-refractivity contribution is 0.417. The Labute approximate surface area is 116 Å². The van der Waals surface area contributed by atoms with Gasteiger partial charge in [0.1, 0.15) is 11.6 Å². The van der Waals surface area contributed by atoms with Crippen LogP contribution in [0.1, 0.15) is 11.4 Å². The summed E-state index contributed by atoms with van der Waals surface area (Å²) < 4.78 is 5.15. The fourth-order valence-electron chi connectivity index (χ4n) is 2.22. The number of ether oxygens (including phenoxy) is 1. The lowest BCUT2D eigenvalue weighted by atomic mass is 10.1. The van der Waals surface area contributed by atoms with Gasteiger partial charge in [-0.05, 0) is 36.2 Å². The number of anilines is 1. The molecule has 0 bridgehead atoms. The van der Waals surface area contributed by atoms with E-state index in [4.69, 9.17) is 10.5 Å². The first kappa shape index (κ1) is 12.5. The van der Waals surface area contributed by atoms with Gasteiger partial charge < -0.3 is 15.5 Å². The minimum absolute atomic E-state index is 0.663. The Hall–Kier alpha value is -2.56. The number of nitrogens with two attached hydrogens (primary N) is 1. The summed E-state index contributed by atoms with van der Waals surface area (Å²) in [7, 11) is 1.62. The van der Waals surface area contributed by atoms with E-state index in [0.717, 1.165) is 35.4 Å². The van der Waals surface area contributed by atoms with E-state index in [-0.39, 0.29) is 0 Å². The molecule has 1 aromatic carbocycles. The molecule has 0 saturated heterocycles. The molecule has 102 valence electrons. The fraction of sp³-hybridized carbons (Fsp3) is 0.200. The number of fused-ring (bicyclic) bond motifs is 1. The molecule has 5 nitrogen and oxygen atoms in total. The van der Waals surface area contributed by atoms with Crippen LogP contribution in [0.25, 0.3) is 11.2 Å². The van der Waals surface area contributed by atoms with E-state index in [1.807, 2.05) is 30.3 Å². The highest BCUT2D eigenvalue weighted by molar-refractivity contribution is 5.69. The lowest BCUT2D eigenvalue weighted by Gasteiger charge is -2.06. The van der Waals surface area contributed by atoms with Gasteiger partial charge in [0, 0.05) is 12.6 Å². The van der Waals surface area contributed by atoms with E-state index in [9.17, 15) is 0 Å². The molecule has 0 spiro atoms. The summed E-state index contributed by atoms with van der Waals surface area (Å²) in [4.78, 5) is 11.9. The summed E-state index contributed by atoms with van der Waals surface area (Å²) in [5, 5.41) is 0. The summed E-state index contributed by atoms with van der Waals surface area (Å²) in [6, 6.07) is 9.74. The Morgan fingerprint density at radius 3 is 2.90 bits per heavy atom. The number of hydrogen-bond acceptors (Lipinski definition) is 4. The zero-order chi connectivity index (χ0) is 13.9. The number of nitrogens with zero attached hydrogens (tertiary/aromatic N) is 2. The Morgan fingerprint density at radius 1 is 1.25 bits per heavy atom. The predicted molar refractivity (Wildman–Crippen MR) is 78.7 cm³/mol. The van der Waals surface area contributed by atoms with Gasteiger partial charge in [0.2, 0.25) is 0 Å². The fourth-order valence-corrected chi connectivity index (χ4v) is 2.22. The molecule has 0 saturated carbocycles. The van der Waals surface area contributed by atoms with E-state index >= 15 is 0 Å². The van der Waals surface area contributed by atoms with Crippen molar-refractivity contribution < 1.29 is 4.74 Å². The van der Waals surface area contributed by atoms with Crippen LogP contribution < -0.4 is 10.5 Å². The second kappa shape index (κ2) is 5.21. The molecular weight excluding hydrogens is 252 g/mol. The Balaban J connectivity index is 1.74. The van der Waals surface area contributed by atoms with Crippen molar-refractivity contribution in [1.29, 1.82) is 0 Å². The zero-order valence-electron chi connectivity index (χ0n) is 11.3. The summed E-state index contributed by atoms with van der Waals surface area (Å²) in [6.07, 6.45) is 3.44. The van der Waals surface area contributed by atoms with Crippen LogP contribution in [0, 0.1) is 0 Å². The summed E-state index contributed by atoms with van der Waals surface area (Å²) in [5.74, 6) is 1.65. The summed E-state index contributed by atoms with van der Waals surface area (Å²) >= 11 is 0. The average Bonchev–Trinajstić information content (AvgIpc) is 2.88. The third kappa shape index (κ3) is 2.42. The average molecular weight is 268 g/mol. The van der Waals surface area contributed by atoms with Crippen LogP contribution in [0.15, 0.2) is 36.5 Å². The molecule has 0 atom stereocenters. The summed E-state index contributed by atoms with van der Waals surface area (Å²) in [5.41, 5.74) is 9.46. The van der Waals surface area contributed by atoms with Gasteiger partial charge >= 0.3 is 0 Å². The van der Waals surface area contributed by atoms with Crippen LogP contribution in [0.3, 0.4) is 0 Å². The first-order valence-electron chi connectivity index (χ1n) is 6.48. The van der Waals surface area contributed by atoms with Crippen molar-refractivity contribution in [2.75, 3.05) is 12.8 Å². The predicted octanol–water partition coefficient (Wildman–Crippen LogP) is 2.33. The molecule has 5 heteroatoms. The van der Waals surface area contributed by atoms with Gasteiger partial charge in [0.15, 0.2) is 5.65 Å². The van der Waals surface area contributed by atoms with E-state index in [1.54, 1.807) is 13.3 Å². The molecule has 0 fully saturated rings. The number of imidazole rings is 1. The topological polar surface area (TPSA) is 76.8 Å². The second-order valence-corrected chi connectivity index (χ2v) is 4.63. The van der Waals surface area contributed by atoms with E-state index < -0.39 is 0 Å². The van der Waals surface area contributed by atoms with E-state index in [2.05, 4.69) is 15.0 Å². The Kier molecular flexibility index (Phi) is 3.25. The van der Waals surface area contributed by atoms with Gasteiger partial charge in [-0.1, -0.05) is 6.07 Å². The van der Waals surface area contributed by atoms with Crippen LogP contribution in [-0.4, -0.2) is 22.1 Å². The van der Waals surface area contributed by atoms with Gasteiger partial charge in [-0.2, -0.15) is 0 Å². The number of nitrogens with one attached hydrogen (secondary N) is 1. The van der Waals surface area contributed by atoms with Gasteiger partial charge in [-0.3, -0.25) is 0 Å². The van der Waals surface area contributed by atoms with Gasteiger partial charge in [0.25, 0.3) is 0 Å². The highest BCUT2D eigenvalue weighted by Crippen LogP contribution is 2.22. The Morgan fingerprint density at radius 2 is 2.15 bits per heavy atom. The number of H-pyrrole nitrogens is 1. The third-order valence-electron chi connectivity index (χ3n) is 3.25. The number of aromatic nitrogens is 3. The van der Waals surface area contributed by atoms with Crippen LogP contribution in [0.2, 0.25) is 0 Å². The maximum absolute atomic E-state index is 5.90. The molecule has 3 aromatic rings. The quantitative estimate of drug-likeness (QED) is 0.712. The third-order valence-corrected chi connectivity index (χ3v) is 3.25. The van der Waals surface area contributed by atoms with Gasteiger partial charge in [0.05, 0.1) is 18.3 Å². The number of methoxy groups -OCH3 is 1. The molecule has 0 unspecified atom stereocenters. The number of rotatable bonds is 4. The minimum Gasteiger partial charge on any atom is -0.495 e. The molecule has 0 aliphatic heterocycles. The van der Waals surface area contributed by atoms with Crippen molar-refractivity contribution in [2.45, 2.75) is 12.8 Å². The number of hydrogen-bond donors (Lipinski definition) is 2. The molecule has 20 heavy (non-hydrogen) atoms. The number of aryl methyl sites for hydroxylation is 2. The van der Waals surface area contributed by atoms with Crippen molar-refractivity contribution in [3.05, 3.63) is 47.9 Å². The number of pyridine rings is 1. The van der Waals surface area contributed by atoms with E-state index in [1.165, 1.54) is 0 Å². The smallest absolute Gasteiger partial charge is 0.177 e. The van der Waals surface area contributed by atoms with Crippen molar-refractivity contribution in [1.82, 2.24) is 15.0 Å². The van der Waals surface area contributed by atoms with E-state index in [0.29, 0.717) is 11.4 Å². The molecule has 0 aliphatic carbocycles. The Bertz CT molecular complexity index is 703. The maximum atomic E-state index is 5.90. The second-order valence-electron chi connectivity index (χ2n) is 4.63. The lowest BCUT2D eigenvalue weighted by Crippen LogP contribution is -1.97. The van der Waals surface area contributed by atoms with Crippen molar-refractivity contribution in [3.8, 4) is 5.75 Å². The van der Waals surface area contributed by atoms with Crippen molar-refractivity contribution in [2.24, 2.45) is 0 Å². The first-order valence-corrected chi connectivity index (χ1v) is 6.48. The number of benzene rings is 1. The zero-order valence-corrected chi connectivity index (χ0v) is 11.3. The molecule has 3 rings (SSSR count). The highest BCUT2D eigenvalue weighted by Gasteiger charge is 2.05. The standard InChI is InChI=1S/C15H16N4O/c1-20-13-6-4-10(9-11(13)16)5-7-14-18-12-3-2-8-17-15(12)19-14/h2-4,6,8-9H,5,7,16H2,1H3,(H,17,18,19).